The Kier molecular flexibility index (Phi) is 5.83. The van der Waals surface area contributed by atoms with E-state index in [4.69, 9.17) is 21.1 Å². The van der Waals surface area contributed by atoms with Gasteiger partial charge in [-0.25, -0.2) is 0 Å². The van der Waals surface area contributed by atoms with Crippen molar-refractivity contribution < 1.29 is 43.2 Å². The molecule has 6 N–H and O–H groups in total. The van der Waals surface area contributed by atoms with Crippen LogP contribution < -0.4 is 5.73 Å². The van der Waals surface area contributed by atoms with Gasteiger partial charge in [0, 0.05) is 0 Å². The van der Waals surface area contributed by atoms with E-state index in [0.29, 0.717) is 0 Å². The zero-order valence-corrected chi connectivity index (χ0v) is 8.83. The lowest BCUT2D eigenvalue weighted by Crippen LogP contribution is -2.55. The molecule has 0 rings (SSSR count). The lowest BCUT2D eigenvalue weighted by molar-refractivity contribution is -0.176. The largest absolute Gasteiger partial charge is 0.458 e. The van der Waals surface area contributed by atoms with Crippen LogP contribution in [0.1, 0.15) is 0 Å². The van der Waals surface area contributed by atoms with Crippen molar-refractivity contribution in [2.24, 2.45) is 5.73 Å². The topological polar surface area (TPSA) is 141 Å². The van der Waals surface area contributed by atoms with Gasteiger partial charge in [-0.3, -0.25) is 9.59 Å². The molecule has 0 spiro atoms. The zero-order valence-electron chi connectivity index (χ0n) is 8.83. The molecule has 0 aliphatic rings. The van der Waals surface area contributed by atoms with Gasteiger partial charge in [0.15, 0.2) is 0 Å². The number of hydrogen-bond acceptors (Lipinski definition) is 7. The summed E-state index contributed by atoms with van der Waals surface area (Å²) in [5.74, 6) is -4.93. The van der Waals surface area contributed by atoms with Crippen LogP contribution in [0.2, 0.25) is 0 Å². The van der Waals surface area contributed by atoms with Crippen molar-refractivity contribution >= 4 is 11.6 Å². The maximum absolute atomic E-state index is 11.9. The van der Waals surface area contributed by atoms with Crippen molar-refractivity contribution in [1.29, 1.82) is 0 Å². The first-order valence-corrected chi connectivity index (χ1v) is 4.60. The quantitative estimate of drug-likeness (QED) is 0.327. The molecule has 0 bridgehead atoms. The SMILES string of the molecule is N[C@@H](C(=O)C(=O)C(F)(F)F)[C@@H](O)[C@H](O)[C@H](O)CO. The normalized spacial score (nSPS) is 18.9. The lowest BCUT2D eigenvalue weighted by atomic mass is 9.96. The number of aliphatic hydroxyl groups excluding tert-OH is 4. The minimum absolute atomic E-state index is 1.02. The molecule has 0 aliphatic carbocycles. The Bertz CT molecular complexity index is 320. The van der Waals surface area contributed by atoms with Gasteiger partial charge in [0.2, 0.25) is 5.78 Å². The summed E-state index contributed by atoms with van der Waals surface area (Å²) in [5, 5.41) is 35.6. The van der Waals surface area contributed by atoms with Crippen molar-refractivity contribution in [2.45, 2.75) is 30.5 Å². The third-order valence-corrected chi connectivity index (χ3v) is 2.08. The van der Waals surface area contributed by atoms with Crippen molar-refractivity contribution in [3.63, 3.8) is 0 Å². The van der Waals surface area contributed by atoms with Crippen molar-refractivity contribution in [2.75, 3.05) is 6.61 Å². The smallest absolute Gasteiger partial charge is 0.394 e. The monoisotopic (exact) mass is 275 g/mol. The van der Waals surface area contributed by atoms with E-state index >= 15 is 0 Å². The highest BCUT2D eigenvalue weighted by molar-refractivity contribution is 6.41. The van der Waals surface area contributed by atoms with Crippen LogP contribution in [0.5, 0.6) is 0 Å². The fourth-order valence-corrected chi connectivity index (χ4v) is 0.994. The molecule has 0 fully saturated rings. The molecule has 0 heterocycles. The molecule has 10 heteroatoms. The fraction of sp³-hybridized carbons (Fsp3) is 0.750. The first kappa shape index (κ1) is 16.9. The third-order valence-electron chi connectivity index (χ3n) is 2.08. The number of hydrogen-bond donors (Lipinski definition) is 5. The molecule has 0 unspecified atom stereocenters. The van der Waals surface area contributed by atoms with E-state index < -0.39 is 48.7 Å². The second kappa shape index (κ2) is 6.20. The number of Topliss-reactive ketones (excluding diaryl/α,β-unsaturated/α-hetero) is 2. The van der Waals surface area contributed by atoms with Crippen LogP contribution >= 0.6 is 0 Å². The minimum Gasteiger partial charge on any atom is -0.394 e. The van der Waals surface area contributed by atoms with E-state index in [1.54, 1.807) is 0 Å². The molecule has 0 aromatic rings. The Hall–Kier alpha value is -1.07. The van der Waals surface area contributed by atoms with E-state index in [9.17, 15) is 27.9 Å². The average Bonchev–Trinajstić information content (AvgIpc) is 2.31. The maximum Gasteiger partial charge on any atom is 0.458 e. The van der Waals surface area contributed by atoms with E-state index in [2.05, 4.69) is 0 Å². The molecule has 0 aromatic heterocycles. The van der Waals surface area contributed by atoms with E-state index in [1.807, 2.05) is 0 Å². The summed E-state index contributed by atoms with van der Waals surface area (Å²) in [6, 6.07) is -2.37. The molecule has 0 saturated heterocycles. The second-order valence-electron chi connectivity index (χ2n) is 3.45. The molecule has 0 radical (unpaired) electrons. The van der Waals surface area contributed by atoms with Gasteiger partial charge in [-0.15, -0.1) is 0 Å². The van der Waals surface area contributed by atoms with Crippen LogP contribution in [-0.2, 0) is 9.59 Å². The van der Waals surface area contributed by atoms with Gasteiger partial charge in [-0.1, -0.05) is 0 Å². The van der Waals surface area contributed by atoms with Crippen LogP contribution in [0.25, 0.3) is 0 Å². The summed E-state index contributed by atoms with van der Waals surface area (Å²) in [4.78, 5) is 21.5. The number of aliphatic hydroxyl groups is 4. The van der Waals surface area contributed by atoms with Crippen LogP contribution in [0.4, 0.5) is 13.2 Å². The van der Waals surface area contributed by atoms with Gasteiger partial charge < -0.3 is 26.2 Å². The Balaban J connectivity index is 4.80. The summed E-state index contributed by atoms with van der Waals surface area (Å²) < 4.78 is 35.7. The number of ketones is 2. The highest BCUT2D eigenvalue weighted by Crippen LogP contribution is 2.18. The van der Waals surface area contributed by atoms with Crippen molar-refractivity contribution in [3.05, 3.63) is 0 Å². The Morgan fingerprint density at radius 3 is 1.89 bits per heavy atom. The zero-order chi connectivity index (χ0) is 14.7. The van der Waals surface area contributed by atoms with Crippen LogP contribution in [0.15, 0.2) is 0 Å². The number of rotatable bonds is 6. The highest BCUT2D eigenvalue weighted by atomic mass is 19.4. The van der Waals surface area contributed by atoms with Crippen LogP contribution in [-0.4, -0.2) is 69.1 Å². The molecule has 0 saturated carbocycles. The van der Waals surface area contributed by atoms with Gasteiger partial charge in [-0.05, 0) is 0 Å². The van der Waals surface area contributed by atoms with E-state index in [1.165, 1.54) is 0 Å². The Morgan fingerprint density at radius 2 is 1.56 bits per heavy atom. The van der Waals surface area contributed by atoms with Crippen LogP contribution in [0.3, 0.4) is 0 Å². The minimum atomic E-state index is -5.45. The number of carbonyl (C=O) groups is 2. The second-order valence-corrected chi connectivity index (χ2v) is 3.45. The van der Waals surface area contributed by atoms with Crippen molar-refractivity contribution in [1.82, 2.24) is 0 Å². The average molecular weight is 275 g/mol. The number of nitrogens with two attached hydrogens (primary N) is 1. The number of alkyl halides is 3. The third kappa shape index (κ3) is 3.99. The van der Waals surface area contributed by atoms with Crippen LogP contribution in [0, 0.1) is 0 Å². The molecule has 0 amide bonds. The number of carbonyl (C=O) groups excluding carboxylic acids is 2. The molecule has 7 nitrogen and oxygen atoms in total. The van der Waals surface area contributed by atoms with Gasteiger partial charge in [-0.2, -0.15) is 13.2 Å². The summed E-state index contributed by atoms with van der Waals surface area (Å²) in [5.41, 5.74) is 4.88. The summed E-state index contributed by atoms with van der Waals surface area (Å²) in [7, 11) is 0. The molecular formula is C8H12F3NO6. The predicted molar refractivity (Wildman–Crippen MR) is 49.2 cm³/mol. The predicted octanol–water partition coefficient (Wildman–Crippen LogP) is -2.91. The molecular weight excluding hydrogens is 263 g/mol. The first-order valence-electron chi connectivity index (χ1n) is 4.60. The maximum atomic E-state index is 11.9. The number of halogens is 3. The van der Waals surface area contributed by atoms with E-state index in [0.717, 1.165) is 0 Å². The lowest BCUT2D eigenvalue weighted by Gasteiger charge is -2.25. The van der Waals surface area contributed by atoms with Crippen molar-refractivity contribution in [3.8, 4) is 0 Å². The van der Waals surface area contributed by atoms with Gasteiger partial charge in [0.05, 0.1) is 6.61 Å². The first-order chi connectivity index (χ1) is 8.03. The Morgan fingerprint density at radius 1 is 1.11 bits per heavy atom. The summed E-state index contributed by atoms with van der Waals surface area (Å²) >= 11 is 0. The molecule has 4 atom stereocenters. The highest BCUT2D eigenvalue weighted by Gasteiger charge is 2.47. The van der Waals surface area contributed by atoms with Gasteiger partial charge in [0.1, 0.15) is 24.4 Å². The van der Waals surface area contributed by atoms with Gasteiger partial charge in [0.25, 0.3) is 0 Å². The molecule has 106 valence electrons. The summed E-state index contributed by atoms with van der Waals surface area (Å²) in [6.45, 7) is -1.02. The molecule has 0 aromatic carbocycles. The fourth-order valence-electron chi connectivity index (χ4n) is 0.994. The molecule has 18 heavy (non-hydrogen) atoms. The molecule has 0 aliphatic heterocycles. The standard InChI is InChI=1S/C8H12F3NO6/c9-8(10,11)7(18)6(17)3(12)5(16)4(15)2(14)1-13/h2-5,13-16H,1,12H2/t2-,3-,4-,5-/m1/s1. The summed E-state index contributed by atoms with van der Waals surface area (Å²) in [6.07, 6.45) is -11.9. The Labute approximate surface area is 98.6 Å². The van der Waals surface area contributed by atoms with Gasteiger partial charge >= 0.3 is 12.0 Å². The van der Waals surface area contributed by atoms with E-state index in [-0.39, 0.29) is 0 Å².